The first-order valence-corrected chi connectivity index (χ1v) is 14.0. The summed E-state index contributed by atoms with van der Waals surface area (Å²) in [5, 5.41) is 13.6. The third-order valence-corrected chi connectivity index (χ3v) is 8.49. The lowest BCUT2D eigenvalue weighted by Crippen LogP contribution is -2.46. The molecular weight excluding hydrogens is 458 g/mol. The molecule has 5 rings (SSSR count). The summed E-state index contributed by atoms with van der Waals surface area (Å²) < 4.78 is 14.6. The normalized spacial score (nSPS) is 21.2. The van der Waals surface area contributed by atoms with E-state index in [9.17, 15) is 0 Å². The van der Waals surface area contributed by atoms with Gasteiger partial charge in [0.25, 0.3) is 0 Å². The Morgan fingerprint density at radius 2 is 1.91 bits per heavy atom. The van der Waals surface area contributed by atoms with E-state index in [1.54, 1.807) is 30.2 Å². The molecule has 0 bridgehead atoms. The molecule has 0 saturated carbocycles. The molecule has 3 aromatic rings. The fourth-order valence-corrected chi connectivity index (χ4v) is 6.44. The molecule has 34 heavy (non-hydrogen) atoms. The summed E-state index contributed by atoms with van der Waals surface area (Å²) in [6.07, 6.45) is 9.03. The molecule has 0 spiro atoms. The van der Waals surface area contributed by atoms with Crippen LogP contribution < -0.4 is 31.3 Å². The molecule has 4 heterocycles. The zero-order valence-electron chi connectivity index (χ0n) is 19.5. The topological polar surface area (TPSA) is 42.5 Å². The van der Waals surface area contributed by atoms with Gasteiger partial charge in [0, 0.05) is 34.5 Å². The van der Waals surface area contributed by atoms with Crippen LogP contribution in [0.2, 0.25) is 0 Å². The van der Waals surface area contributed by atoms with Crippen LogP contribution in [0.1, 0.15) is 25.7 Å². The molecule has 2 atom stereocenters. The van der Waals surface area contributed by atoms with E-state index in [4.69, 9.17) is 9.31 Å². The van der Waals surface area contributed by atoms with Crippen molar-refractivity contribution in [1.29, 1.82) is 0 Å². The van der Waals surface area contributed by atoms with Crippen molar-refractivity contribution in [2.75, 3.05) is 26.3 Å². The van der Waals surface area contributed by atoms with Crippen LogP contribution in [0.5, 0.6) is 0 Å². The summed E-state index contributed by atoms with van der Waals surface area (Å²) in [5.41, 5.74) is 2.41. The molecule has 175 valence electrons. The lowest BCUT2D eigenvalue weighted by atomic mass is 9.56. The number of allylic oxidation sites excluding steroid dienone is 1. The molecule has 8 heteroatoms. The molecule has 1 radical (unpaired) electrons. The van der Waals surface area contributed by atoms with E-state index in [-0.39, 0.29) is 6.92 Å². The van der Waals surface area contributed by atoms with Crippen molar-refractivity contribution in [1.82, 2.24) is 10.6 Å². The molecule has 0 aliphatic carbocycles. The smallest absolute Gasteiger partial charge is 0.362 e. The summed E-state index contributed by atoms with van der Waals surface area (Å²) in [5.74, 6) is 1.96. The Morgan fingerprint density at radius 1 is 1.09 bits per heavy atom. The van der Waals surface area contributed by atoms with Gasteiger partial charge in [0.05, 0.1) is 0 Å². The monoisotopic (exact) mass is 489 g/mol. The third-order valence-electron chi connectivity index (χ3n) is 6.61. The van der Waals surface area contributed by atoms with E-state index < -0.39 is 0 Å². The average Bonchev–Trinajstić information content (AvgIpc) is 3.66. The first kappa shape index (κ1) is 24.0. The minimum Gasteiger partial charge on any atom is -0.433 e. The zero-order chi connectivity index (χ0) is 23.2. The molecule has 0 amide bonds. The van der Waals surface area contributed by atoms with Gasteiger partial charge in [-0.3, -0.25) is 0 Å². The van der Waals surface area contributed by atoms with Crippen molar-refractivity contribution in [3.63, 3.8) is 0 Å². The third kappa shape index (κ3) is 5.93. The minimum absolute atomic E-state index is 0.0502. The van der Waals surface area contributed by atoms with Gasteiger partial charge in [0.2, 0.25) is 0 Å². The van der Waals surface area contributed by atoms with E-state index in [0.29, 0.717) is 12.1 Å². The van der Waals surface area contributed by atoms with Crippen molar-refractivity contribution >= 4 is 70.7 Å². The van der Waals surface area contributed by atoms with Crippen LogP contribution in [0.4, 0.5) is 0 Å². The van der Waals surface area contributed by atoms with Gasteiger partial charge < -0.3 is 19.9 Å². The molecule has 4 nitrogen and oxygen atoms in total. The molecule has 2 aliphatic rings. The molecule has 2 aromatic heterocycles. The Hall–Kier alpha value is -1.67. The minimum atomic E-state index is -0.0502. The molecule has 2 unspecified atom stereocenters. The van der Waals surface area contributed by atoms with Crippen LogP contribution in [0.25, 0.3) is 22.7 Å². The standard InChI is InChI=1S/C26H31B2N2O2S2/c1-19-24-15-20(28(21-10-14-33-18-21)32-17-23-6-4-13-30-23)8-9-26(24)34-25(19)7-2-11-27-31-16-22-5-3-12-29-22/h2,7-11,14-15,18,22-23,29-30H,1,3-6,12-13,16-17H2/b11-2+,25-7+. The first-order valence-electron chi connectivity index (χ1n) is 12.2. The van der Waals surface area contributed by atoms with Gasteiger partial charge in [-0.25, -0.2) is 0 Å². The van der Waals surface area contributed by atoms with E-state index in [1.807, 2.05) is 12.1 Å². The highest BCUT2D eigenvalue weighted by molar-refractivity contribution is 7.17. The van der Waals surface area contributed by atoms with Crippen molar-refractivity contribution in [3.8, 4) is 0 Å². The lowest BCUT2D eigenvalue weighted by Gasteiger charge is -2.17. The number of benzene rings is 1. The predicted molar refractivity (Wildman–Crippen MR) is 149 cm³/mol. The summed E-state index contributed by atoms with van der Waals surface area (Å²) in [6, 6.07) is 9.81. The summed E-state index contributed by atoms with van der Waals surface area (Å²) in [4.78, 5) is 0. The van der Waals surface area contributed by atoms with Crippen LogP contribution in [-0.4, -0.2) is 52.8 Å². The number of hydrogen-bond donors (Lipinski definition) is 2. The fourth-order valence-electron chi connectivity index (χ4n) is 4.72. The predicted octanol–water partition coefficient (Wildman–Crippen LogP) is 1.93. The van der Waals surface area contributed by atoms with Crippen LogP contribution >= 0.6 is 22.7 Å². The Balaban J connectivity index is 1.29. The van der Waals surface area contributed by atoms with Gasteiger partial charge in [-0.2, -0.15) is 11.3 Å². The van der Waals surface area contributed by atoms with E-state index in [1.165, 1.54) is 51.2 Å². The second-order valence-electron chi connectivity index (χ2n) is 9.08. The molecule has 2 saturated heterocycles. The second-order valence-corrected chi connectivity index (χ2v) is 10.9. The molecule has 2 fully saturated rings. The molecule has 2 N–H and O–H groups in total. The largest absolute Gasteiger partial charge is 0.433 e. The average molecular weight is 489 g/mol. The highest BCUT2D eigenvalue weighted by Gasteiger charge is 2.25. The fraction of sp³-hybridized carbons (Fsp3) is 0.385. The highest BCUT2D eigenvalue weighted by Crippen LogP contribution is 2.13. The van der Waals surface area contributed by atoms with E-state index in [2.05, 4.69) is 58.3 Å². The Bertz CT molecular complexity index is 1200. The van der Waals surface area contributed by atoms with E-state index in [0.717, 1.165) is 31.5 Å². The van der Waals surface area contributed by atoms with Crippen molar-refractivity contribution in [3.05, 3.63) is 56.8 Å². The van der Waals surface area contributed by atoms with Gasteiger partial charge in [-0.05, 0) is 83.2 Å². The number of hydrogen-bond acceptors (Lipinski definition) is 6. The number of fused-ring (bicyclic) bond motifs is 1. The Kier molecular flexibility index (Phi) is 8.38. The SMILES string of the molecule is C=c1/c(=C\C=C\[B]OCC2CCCN2)sc2ccc(B(OCC3CCCN3)c3ccsc3)cc12. The maximum absolute atomic E-state index is 6.48. The van der Waals surface area contributed by atoms with Crippen LogP contribution in [0.3, 0.4) is 0 Å². The van der Waals surface area contributed by atoms with Gasteiger partial charge in [0.1, 0.15) is 0 Å². The highest BCUT2D eigenvalue weighted by atomic mass is 32.1. The Morgan fingerprint density at radius 3 is 2.65 bits per heavy atom. The second kappa shape index (κ2) is 11.8. The van der Waals surface area contributed by atoms with Crippen LogP contribution in [-0.2, 0) is 9.31 Å². The first-order chi connectivity index (χ1) is 16.8. The Labute approximate surface area is 211 Å². The van der Waals surface area contributed by atoms with E-state index >= 15 is 0 Å². The van der Waals surface area contributed by atoms with Gasteiger partial charge in [0.15, 0.2) is 0 Å². The zero-order valence-corrected chi connectivity index (χ0v) is 21.1. The summed E-state index contributed by atoms with van der Waals surface area (Å²) in [6.45, 7) is 8.02. The van der Waals surface area contributed by atoms with Gasteiger partial charge in [-0.1, -0.05) is 36.8 Å². The van der Waals surface area contributed by atoms with Crippen molar-refractivity contribution in [2.45, 2.75) is 37.8 Å². The molecular formula is C26H31B2N2O2S2. The van der Waals surface area contributed by atoms with Crippen LogP contribution in [0, 0.1) is 0 Å². The van der Waals surface area contributed by atoms with Crippen LogP contribution in [0.15, 0.2) is 47.1 Å². The number of rotatable bonds is 10. The molecule has 1 aromatic carbocycles. The van der Waals surface area contributed by atoms with Crippen molar-refractivity contribution in [2.24, 2.45) is 0 Å². The summed E-state index contributed by atoms with van der Waals surface area (Å²) in [7, 11) is 1.78. The lowest BCUT2D eigenvalue weighted by molar-refractivity contribution is 0.288. The molecule has 2 aliphatic heterocycles. The quantitative estimate of drug-likeness (QED) is 0.338. The maximum Gasteiger partial charge on any atom is 0.362 e. The van der Waals surface area contributed by atoms with Gasteiger partial charge >= 0.3 is 14.4 Å². The number of nitrogens with one attached hydrogen (secondary N) is 2. The van der Waals surface area contributed by atoms with Crippen molar-refractivity contribution < 1.29 is 9.31 Å². The van der Waals surface area contributed by atoms with Gasteiger partial charge in [-0.15, -0.1) is 11.3 Å². The summed E-state index contributed by atoms with van der Waals surface area (Å²) >= 11 is 3.49. The number of thiophene rings is 2. The maximum atomic E-state index is 6.48.